The van der Waals surface area contributed by atoms with Crippen LogP contribution in [0.4, 0.5) is 0 Å². The number of ketones is 2. The van der Waals surface area contributed by atoms with E-state index in [1.807, 2.05) is 36.5 Å². The molecule has 1 aromatic heterocycles. The molecule has 0 radical (unpaired) electrons. The second-order valence-electron chi connectivity index (χ2n) is 12.6. The molecule has 2 heterocycles. The van der Waals surface area contributed by atoms with Crippen molar-refractivity contribution in [1.82, 2.24) is 10.3 Å². The Kier molecular flexibility index (Phi) is 15.4. The van der Waals surface area contributed by atoms with Gasteiger partial charge in [0.1, 0.15) is 0 Å². The van der Waals surface area contributed by atoms with E-state index in [4.69, 9.17) is 10.5 Å². The summed E-state index contributed by atoms with van der Waals surface area (Å²) >= 11 is 0. The maximum Gasteiger partial charge on any atom is 0.170 e. The van der Waals surface area contributed by atoms with Crippen LogP contribution in [0.2, 0.25) is 0 Å². The van der Waals surface area contributed by atoms with E-state index >= 15 is 0 Å². The van der Waals surface area contributed by atoms with E-state index < -0.39 is 23.6 Å². The highest BCUT2D eigenvalue weighted by Gasteiger charge is 2.31. The average molecular weight is 638 g/mol. The first-order valence-electron chi connectivity index (χ1n) is 17.0. The molecule has 1 aliphatic rings. The Hall–Kier alpha value is -3.56. The largest absolute Gasteiger partial charge is 0.504 e. The van der Waals surface area contributed by atoms with Gasteiger partial charge in [0.2, 0.25) is 0 Å². The third kappa shape index (κ3) is 10.8. The lowest BCUT2D eigenvalue weighted by Gasteiger charge is -2.30. The molecule has 46 heavy (non-hydrogen) atoms. The molecule has 0 unspecified atom stereocenters. The van der Waals surface area contributed by atoms with Crippen molar-refractivity contribution in [3.8, 4) is 11.5 Å². The number of hydrogen-bond acceptors (Lipinski definition) is 8. The van der Waals surface area contributed by atoms with Gasteiger partial charge in [0.05, 0.1) is 12.9 Å². The Morgan fingerprint density at radius 1 is 1.07 bits per heavy atom. The topological polar surface area (TPSA) is 158 Å². The van der Waals surface area contributed by atoms with Crippen LogP contribution in [-0.4, -0.2) is 58.2 Å². The van der Waals surface area contributed by atoms with Gasteiger partial charge in [-0.1, -0.05) is 77.4 Å². The molecule has 0 saturated heterocycles. The number of nitrogens with two attached hydrogens (primary N) is 1. The summed E-state index contributed by atoms with van der Waals surface area (Å²) in [5, 5.41) is 35.8. The number of aromatic amines is 1. The van der Waals surface area contributed by atoms with Gasteiger partial charge in [-0.25, -0.2) is 0 Å². The molecule has 3 atom stereocenters. The van der Waals surface area contributed by atoms with Gasteiger partial charge in [0.25, 0.3) is 0 Å². The predicted octanol–water partition coefficient (Wildman–Crippen LogP) is 5.59. The normalized spacial score (nSPS) is 15.1. The molecular formula is C37H55N3O6. The maximum atomic E-state index is 13.1. The zero-order chi connectivity index (χ0) is 33.5. The fraction of sp³-hybridized carbons (Fsp3) is 0.568. The number of carbonyl (C=O) groups is 2. The average Bonchev–Trinajstić information content (AvgIpc) is 3.57. The number of aromatic nitrogens is 1. The number of carbonyl (C=O) groups excluding carboxylic acids is 2. The number of nitrogens with one attached hydrogen (secondary N) is 2. The zero-order valence-corrected chi connectivity index (χ0v) is 27.9. The Balaban J connectivity index is 1.81. The second kappa shape index (κ2) is 19.2. The number of hydrogen-bond donors (Lipinski definition) is 6. The highest BCUT2D eigenvalue weighted by molar-refractivity contribution is 6.05. The van der Waals surface area contributed by atoms with E-state index in [1.54, 1.807) is 6.07 Å². The molecule has 0 aliphatic carbocycles. The van der Waals surface area contributed by atoms with Crippen LogP contribution in [0.1, 0.15) is 101 Å². The fourth-order valence-corrected chi connectivity index (χ4v) is 6.48. The van der Waals surface area contributed by atoms with Crippen LogP contribution in [0, 0.1) is 11.8 Å². The number of unbranched alkanes of at least 4 members (excludes halogenated alkanes) is 4. The number of methoxy groups -OCH3 is 1. The highest BCUT2D eigenvalue weighted by atomic mass is 16.5. The van der Waals surface area contributed by atoms with E-state index in [1.165, 1.54) is 7.11 Å². The number of benzene rings is 1. The molecular weight excluding hydrogens is 582 g/mol. The summed E-state index contributed by atoms with van der Waals surface area (Å²) in [6.07, 6.45) is 13.4. The van der Waals surface area contributed by atoms with Crippen molar-refractivity contribution < 1.29 is 29.6 Å². The molecule has 9 heteroatoms. The van der Waals surface area contributed by atoms with E-state index in [2.05, 4.69) is 24.1 Å². The smallest absolute Gasteiger partial charge is 0.170 e. The van der Waals surface area contributed by atoms with Gasteiger partial charge in [-0.05, 0) is 60.1 Å². The van der Waals surface area contributed by atoms with Crippen LogP contribution in [0.25, 0.3) is 0 Å². The van der Waals surface area contributed by atoms with Crippen molar-refractivity contribution >= 4 is 11.6 Å². The minimum absolute atomic E-state index is 0.0351. The number of aliphatic hydroxyl groups is 2. The number of phenols is 1. The van der Waals surface area contributed by atoms with Crippen molar-refractivity contribution in [2.75, 3.05) is 20.3 Å². The van der Waals surface area contributed by atoms with E-state index in [-0.39, 0.29) is 49.2 Å². The zero-order valence-electron chi connectivity index (χ0n) is 27.9. The Morgan fingerprint density at radius 3 is 2.37 bits per heavy atom. The van der Waals surface area contributed by atoms with Crippen LogP contribution in [0.5, 0.6) is 11.5 Å². The SMILES string of the molecule is CCCCCC(CCCCC)CC(=O)[C@H](O)C(=O)CCc1cc(OC)c(O)c([C@@H](C2=CCNC(N)=C2)[C@H](CO)Cc2ccc[nH]2)c1. The molecule has 254 valence electrons. The molecule has 3 rings (SSSR count). The molecule has 1 aliphatic heterocycles. The van der Waals surface area contributed by atoms with E-state index in [0.29, 0.717) is 29.9 Å². The van der Waals surface area contributed by atoms with E-state index in [9.17, 15) is 24.9 Å². The minimum atomic E-state index is -1.64. The molecule has 0 amide bonds. The number of rotatable bonds is 22. The molecule has 0 bridgehead atoms. The lowest BCUT2D eigenvalue weighted by atomic mass is 9.76. The monoisotopic (exact) mass is 637 g/mol. The minimum Gasteiger partial charge on any atom is -0.504 e. The number of allylic oxidation sites excluding steroid dienone is 2. The van der Waals surface area contributed by atoms with Crippen molar-refractivity contribution in [2.24, 2.45) is 17.6 Å². The molecule has 1 aromatic carbocycles. The Bertz CT molecular complexity index is 1290. The number of aryl methyl sites for hydroxylation is 1. The standard InChI is InChI=1S/C37H55N3O6/c1-4-6-8-11-25(12-9-7-5-2)20-32(43)37(45)31(42)15-14-26-19-30(36(44)33(21-26)46-3)35(27-16-18-40-34(38)23-27)28(24-41)22-29-13-10-17-39-29/h10,13,16-17,19,21,23,25,28,35,37,39-41,44-45H,4-9,11-12,14-15,18,20,22,24,38H2,1-3H3/t28-,35-,37+/m0/s1. The van der Waals surface area contributed by atoms with Crippen LogP contribution < -0.4 is 15.8 Å². The van der Waals surface area contributed by atoms with Crippen LogP contribution in [0.3, 0.4) is 0 Å². The van der Waals surface area contributed by atoms with Crippen molar-refractivity contribution in [2.45, 2.75) is 103 Å². The number of phenolic OH excluding ortho intramolecular Hbond substituents is 1. The van der Waals surface area contributed by atoms with Crippen molar-refractivity contribution in [3.63, 3.8) is 0 Å². The summed E-state index contributed by atoms with van der Waals surface area (Å²) in [5.41, 5.74) is 9.18. The number of aromatic hydroxyl groups is 1. The van der Waals surface area contributed by atoms with Crippen LogP contribution in [-0.2, 0) is 22.4 Å². The first-order valence-corrected chi connectivity index (χ1v) is 17.0. The third-order valence-electron chi connectivity index (χ3n) is 9.09. The summed E-state index contributed by atoms with van der Waals surface area (Å²) in [6.45, 7) is 4.65. The number of H-pyrrole nitrogens is 1. The number of Topliss-reactive ketones (excluding diaryl/α,β-unsaturated/α-hetero) is 2. The first-order chi connectivity index (χ1) is 22.2. The molecule has 7 N–H and O–H groups in total. The van der Waals surface area contributed by atoms with Gasteiger partial charge in [0.15, 0.2) is 29.2 Å². The summed E-state index contributed by atoms with van der Waals surface area (Å²) in [5.74, 6) is -0.796. The summed E-state index contributed by atoms with van der Waals surface area (Å²) in [6, 6.07) is 7.35. The summed E-state index contributed by atoms with van der Waals surface area (Å²) in [4.78, 5) is 29.3. The van der Waals surface area contributed by atoms with Gasteiger partial charge >= 0.3 is 0 Å². The predicted molar refractivity (Wildman–Crippen MR) is 182 cm³/mol. The molecule has 0 saturated carbocycles. The third-order valence-corrected chi connectivity index (χ3v) is 9.09. The van der Waals surface area contributed by atoms with Gasteiger partial charge in [0, 0.05) is 49.4 Å². The second-order valence-corrected chi connectivity index (χ2v) is 12.6. The molecule has 0 fully saturated rings. The van der Waals surface area contributed by atoms with Gasteiger partial charge in [-0.15, -0.1) is 0 Å². The lowest BCUT2D eigenvalue weighted by molar-refractivity contribution is -0.139. The summed E-state index contributed by atoms with van der Waals surface area (Å²) < 4.78 is 5.54. The van der Waals surface area contributed by atoms with Crippen LogP contribution >= 0.6 is 0 Å². The van der Waals surface area contributed by atoms with Gasteiger partial charge in [-0.2, -0.15) is 0 Å². The highest BCUT2D eigenvalue weighted by Crippen LogP contribution is 2.44. The summed E-state index contributed by atoms with van der Waals surface area (Å²) in [7, 11) is 1.47. The molecule has 9 nitrogen and oxygen atoms in total. The van der Waals surface area contributed by atoms with Gasteiger partial charge < -0.3 is 36.1 Å². The number of ether oxygens (including phenoxy) is 1. The van der Waals surface area contributed by atoms with Gasteiger partial charge in [-0.3, -0.25) is 9.59 Å². The van der Waals surface area contributed by atoms with Crippen molar-refractivity contribution in [1.29, 1.82) is 0 Å². The fourth-order valence-electron chi connectivity index (χ4n) is 6.48. The number of dihydropyridines is 1. The number of aliphatic hydroxyl groups excluding tert-OH is 2. The Labute approximate surface area is 274 Å². The van der Waals surface area contributed by atoms with Crippen LogP contribution in [0.15, 0.2) is 54.0 Å². The lowest BCUT2D eigenvalue weighted by Crippen LogP contribution is -2.31. The Morgan fingerprint density at radius 2 is 1.78 bits per heavy atom. The quantitative estimate of drug-likeness (QED) is 0.0720. The first kappa shape index (κ1) is 36.9. The molecule has 0 spiro atoms. The van der Waals surface area contributed by atoms with Crippen molar-refractivity contribution in [3.05, 3.63) is 70.8 Å². The maximum absolute atomic E-state index is 13.1. The van der Waals surface area contributed by atoms with E-state index in [0.717, 1.165) is 62.6 Å². The molecule has 2 aromatic rings.